The van der Waals surface area contributed by atoms with E-state index in [1.807, 2.05) is 29.0 Å². The predicted molar refractivity (Wildman–Crippen MR) is 103 cm³/mol. The van der Waals surface area contributed by atoms with Crippen molar-refractivity contribution in [1.29, 1.82) is 0 Å². The lowest BCUT2D eigenvalue weighted by atomic mass is 9.82. The van der Waals surface area contributed by atoms with E-state index in [1.165, 1.54) is 12.1 Å². The van der Waals surface area contributed by atoms with Crippen LogP contribution in [0, 0.1) is 11.2 Å². The van der Waals surface area contributed by atoms with Crippen molar-refractivity contribution in [2.45, 2.75) is 32.7 Å². The van der Waals surface area contributed by atoms with Crippen LogP contribution in [-0.2, 0) is 0 Å². The van der Waals surface area contributed by atoms with E-state index in [0.29, 0.717) is 11.2 Å². The molecule has 1 aliphatic heterocycles. The summed E-state index contributed by atoms with van der Waals surface area (Å²) in [5, 5.41) is 11.6. The summed E-state index contributed by atoms with van der Waals surface area (Å²) in [6.07, 6.45) is 2.27. The summed E-state index contributed by atoms with van der Waals surface area (Å²) < 4.78 is 13.4. The summed E-state index contributed by atoms with van der Waals surface area (Å²) >= 11 is 1.63. The van der Waals surface area contributed by atoms with Gasteiger partial charge in [0.15, 0.2) is 5.82 Å². The molecule has 2 aromatic heterocycles. The lowest BCUT2D eigenvalue weighted by Crippen LogP contribution is -2.40. The summed E-state index contributed by atoms with van der Waals surface area (Å²) in [7, 11) is 0. The zero-order valence-corrected chi connectivity index (χ0v) is 15.9. The van der Waals surface area contributed by atoms with Gasteiger partial charge in [-0.05, 0) is 60.5 Å². The number of benzene rings is 1. The van der Waals surface area contributed by atoms with Crippen molar-refractivity contribution < 1.29 is 4.39 Å². The second-order valence-corrected chi connectivity index (χ2v) is 8.49. The zero-order chi connectivity index (χ0) is 18.1. The SMILES string of the molecule is CC1(C)CCN(C(c2ccc(F)cc2)c2nc(-c3ccsc3)n[nH]2)CC1. The van der Waals surface area contributed by atoms with E-state index in [0.717, 1.165) is 42.9 Å². The average Bonchev–Trinajstić information content (AvgIpc) is 3.30. The molecule has 1 unspecified atom stereocenters. The molecule has 0 spiro atoms. The number of aromatic amines is 1. The van der Waals surface area contributed by atoms with Crippen LogP contribution in [0.15, 0.2) is 41.1 Å². The monoisotopic (exact) mass is 370 g/mol. The first-order valence-corrected chi connectivity index (χ1v) is 9.90. The topological polar surface area (TPSA) is 44.8 Å². The van der Waals surface area contributed by atoms with Crippen LogP contribution in [0.2, 0.25) is 0 Å². The molecule has 4 rings (SSSR count). The summed E-state index contributed by atoms with van der Waals surface area (Å²) in [5.74, 6) is 1.31. The summed E-state index contributed by atoms with van der Waals surface area (Å²) in [6.45, 7) is 6.62. The van der Waals surface area contributed by atoms with Gasteiger partial charge in [-0.2, -0.15) is 16.4 Å². The summed E-state index contributed by atoms with van der Waals surface area (Å²) in [5.41, 5.74) is 2.43. The highest BCUT2D eigenvalue weighted by Gasteiger charge is 2.32. The Morgan fingerprint density at radius 1 is 1.15 bits per heavy atom. The molecule has 0 radical (unpaired) electrons. The standard InChI is InChI=1S/C20H23FN4S/c1-20(2)8-10-25(11-9-20)17(14-3-5-16(21)6-4-14)19-22-18(23-24-19)15-7-12-26-13-15/h3-7,12-13,17H,8-11H2,1-2H3,(H,22,23,24). The van der Waals surface area contributed by atoms with Gasteiger partial charge in [-0.25, -0.2) is 9.37 Å². The molecule has 136 valence electrons. The Hall–Kier alpha value is -2.05. The zero-order valence-electron chi connectivity index (χ0n) is 15.1. The van der Waals surface area contributed by atoms with Crippen molar-refractivity contribution in [2.24, 2.45) is 5.41 Å². The smallest absolute Gasteiger partial charge is 0.182 e. The van der Waals surface area contributed by atoms with Gasteiger partial charge < -0.3 is 0 Å². The maximum Gasteiger partial charge on any atom is 0.182 e. The molecular formula is C20H23FN4S. The number of H-pyrrole nitrogens is 1. The number of rotatable bonds is 4. The fraction of sp³-hybridized carbons (Fsp3) is 0.400. The van der Waals surface area contributed by atoms with Crippen LogP contribution in [0.4, 0.5) is 4.39 Å². The van der Waals surface area contributed by atoms with Crippen molar-refractivity contribution >= 4 is 11.3 Å². The van der Waals surface area contributed by atoms with Crippen LogP contribution in [0.1, 0.15) is 44.1 Å². The molecule has 4 nitrogen and oxygen atoms in total. The quantitative estimate of drug-likeness (QED) is 0.712. The molecule has 0 aliphatic carbocycles. The molecule has 26 heavy (non-hydrogen) atoms. The van der Waals surface area contributed by atoms with Crippen LogP contribution in [0.25, 0.3) is 11.4 Å². The fourth-order valence-corrected chi connectivity index (χ4v) is 4.13. The molecule has 1 atom stereocenters. The van der Waals surface area contributed by atoms with Crippen LogP contribution < -0.4 is 0 Å². The Bertz CT molecular complexity index is 844. The van der Waals surface area contributed by atoms with Gasteiger partial charge in [0.1, 0.15) is 11.6 Å². The van der Waals surface area contributed by atoms with Crippen LogP contribution in [-0.4, -0.2) is 33.2 Å². The molecule has 0 amide bonds. The van der Waals surface area contributed by atoms with E-state index in [-0.39, 0.29) is 11.9 Å². The first-order chi connectivity index (χ1) is 12.5. The molecule has 3 heterocycles. The van der Waals surface area contributed by atoms with Crippen molar-refractivity contribution in [3.8, 4) is 11.4 Å². The van der Waals surface area contributed by atoms with Gasteiger partial charge >= 0.3 is 0 Å². The first-order valence-electron chi connectivity index (χ1n) is 8.96. The minimum absolute atomic E-state index is 0.0356. The highest BCUT2D eigenvalue weighted by atomic mass is 32.1. The van der Waals surface area contributed by atoms with Gasteiger partial charge in [0, 0.05) is 10.9 Å². The number of piperidine rings is 1. The van der Waals surface area contributed by atoms with Gasteiger partial charge in [0.2, 0.25) is 0 Å². The van der Waals surface area contributed by atoms with E-state index in [9.17, 15) is 4.39 Å². The van der Waals surface area contributed by atoms with Crippen LogP contribution >= 0.6 is 11.3 Å². The highest BCUT2D eigenvalue weighted by molar-refractivity contribution is 7.08. The highest BCUT2D eigenvalue weighted by Crippen LogP contribution is 2.36. The fourth-order valence-electron chi connectivity index (χ4n) is 3.49. The van der Waals surface area contributed by atoms with Crippen LogP contribution in [0.5, 0.6) is 0 Å². The second-order valence-electron chi connectivity index (χ2n) is 7.71. The predicted octanol–water partition coefficient (Wildman–Crippen LogP) is 4.88. The number of hydrogen-bond donors (Lipinski definition) is 1. The molecular weight excluding hydrogens is 347 g/mol. The van der Waals surface area contributed by atoms with E-state index in [4.69, 9.17) is 4.98 Å². The van der Waals surface area contributed by atoms with Crippen molar-refractivity contribution in [1.82, 2.24) is 20.1 Å². The van der Waals surface area contributed by atoms with Gasteiger partial charge in [-0.15, -0.1) is 0 Å². The number of halogens is 1. The second kappa shape index (κ2) is 6.93. The van der Waals surface area contributed by atoms with Crippen molar-refractivity contribution in [3.05, 3.63) is 58.3 Å². The number of thiophene rings is 1. The third-order valence-corrected chi connectivity index (χ3v) is 5.93. The third kappa shape index (κ3) is 3.57. The maximum atomic E-state index is 13.4. The number of aromatic nitrogens is 3. The first kappa shape index (κ1) is 17.4. The molecule has 1 aromatic carbocycles. The molecule has 0 bridgehead atoms. The third-order valence-electron chi connectivity index (χ3n) is 5.24. The van der Waals surface area contributed by atoms with Gasteiger partial charge in [0.25, 0.3) is 0 Å². The minimum Gasteiger partial charge on any atom is -0.290 e. The van der Waals surface area contributed by atoms with E-state index in [1.54, 1.807) is 11.3 Å². The van der Waals surface area contributed by atoms with Crippen LogP contribution in [0.3, 0.4) is 0 Å². The molecule has 1 aliphatic rings. The number of nitrogens with one attached hydrogen (secondary N) is 1. The summed E-state index contributed by atoms with van der Waals surface area (Å²) in [6, 6.07) is 8.73. The van der Waals surface area contributed by atoms with Gasteiger partial charge in [0.05, 0.1) is 6.04 Å². The molecule has 0 saturated carbocycles. The maximum absolute atomic E-state index is 13.4. The Morgan fingerprint density at radius 2 is 1.88 bits per heavy atom. The molecule has 1 saturated heterocycles. The van der Waals surface area contributed by atoms with Gasteiger partial charge in [-0.3, -0.25) is 10.00 Å². The average molecular weight is 370 g/mol. The normalized spacial score (nSPS) is 18.7. The Balaban J connectivity index is 1.68. The minimum atomic E-state index is -0.219. The Labute approximate surface area is 157 Å². The van der Waals surface area contributed by atoms with Crippen molar-refractivity contribution in [2.75, 3.05) is 13.1 Å². The number of hydrogen-bond acceptors (Lipinski definition) is 4. The number of nitrogens with zero attached hydrogens (tertiary/aromatic N) is 3. The van der Waals surface area contributed by atoms with E-state index >= 15 is 0 Å². The molecule has 1 N–H and O–H groups in total. The van der Waals surface area contributed by atoms with E-state index < -0.39 is 0 Å². The number of likely N-dealkylation sites (tertiary alicyclic amines) is 1. The van der Waals surface area contributed by atoms with Crippen molar-refractivity contribution in [3.63, 3.8) is 0 Å². The van der Waals surface area contributed by atoms with Gasteiger partial charge in [-0.1, -0.05) is 26.0 Å². The Morgan fingerprint density at radius 3 is 2.54 bits per heavy atom. The largest absolute Gasteiger partial charge is 0.290 e. The Kier molecular flexibility index (Phi) is 4.63. The molecule has 3 aromatic rings. The molecule has 1 fully saturated rings. The lowest BCUT2D eigenvalue weighted by Gasteiger charge is -2.40. The summed E-state index contributed by atoms with van der Waals surface area (Å²) in [4.78, 5) is 7.19. The van der Waals surface area contributed by atoms with E-state index in [2.05, 4.69) is 28.9 Å². The lowest BCUT2D eigenvalue weighted by molar-refractivity contribution is 0.105. The molecule has 6 heteroatoms.